The van der Waals surface area contributed by atoms with Gasteiger partial charge in [0.05, 0.1) is 5.56 Å². The van der Waals surface area contributed by atoms with Gasteiger partial charge in [0.1, 0.15) is 0 Å². The predicted octanol–water partition coefficient (Wildman–Crippen LogP) is 4.07. The van der Waals surface area contributed by atoms with Crippen LogP contribution in [0.5, 0.6) is 0 Å². The number of halogens is 3. The van der Waals surface area contributed by atoms with Crippen LogP contribution in [-0.4, -0.2) is 16.9 Å². The van der Waals surface area contributed by atoms with Gasteiger partial charge in [0.15, 0.2) is 0 Å². The fourth-order valence-corrected chi connectivity index (χ4v) is 3.90. The first kappa shape index (κ1) is 18.8. The number of aromatic nitrogens is 1. The van der Waals surface area contributed by atoms with Crippen LogP contribution in [-0.2, 0) is 11.0 Å². The fraction of sp³-hybridized carbons (Fsp3) is 0.429. The molecule has 1 saturated heterocycles. The number of rotatable bonds is 5. The Bertz CT molecular complexity index is 930. The summed E-state index contributed by atoms with van der Waals surface area (Å²) in [5.74, 6) is -0.00294. The molecule has 1 aliphatic carbocycles. The van der Waals surface area contributed by atoms with Crippen LogP contribution in [0.4, 0.5) is 13.2 Å². The van der Waals surface area contributed by atoms with Gasteiger partial charge in [0, 0.05) is 29.6 Å². The second kappa shape index (κ2) is 7.11. The number of alkyl halides is 3. The second-order valence-corrected chi connectivity index (χ2v) is 7.68. The third-order valence-electron chi connectivity index (χ3n) is 5.60. The standard InChI is InChI=1S/C21H21F3N2O2/c22-21(23,24)14-5-3-13(4-6-14)17(11-15-7-10-19(27)25-15)18-9-8-16(12-1-2-12)20(28)26-18/h3-6,8-9,12,15,17H,1-2,7,10-11H2,(H,25,27)(H,26,28)/t15-,17-/m1/s1. The lowest BCUT2D eigenvalue weighted by atomic mass is 9.87. The van der Waals surface area contributed by atoms with Crippen molar-refractivity contribution in [2.24, 2.45) is 0 Å². The van der Waals surface area contributed by atoms with E-state index in [9.17, 15) is 22.8 Å². The first-order chi connectivity index (χ1) is 13.3. The van der Waals surface area contributed by atoms with Crippen molar-refractivity contribution in [2.75, 3.05) is 0 Å². The summed E-state index contributed by atoms with van der Waals surface area (Å²) in [7, 11) is 0. The highest BCUT2D eigenvalue weighted by Gasteiger charge is 2.32. The van der Waals surface area contributed by atoms with E-state index in [-0.39, 0.29) is 23.4 Å². The largest absolute Gasteiger partial charge is 0.416 e. The maximum Gasteiger partial charge on any atom is 0.416 e. The Kier molecular flexibility index (Phi) is 4.77. The molecule has 2 aromatic rings. The summed E-state index contributed by atoms with van der Waals surface area (Å²) >= 11 is 0. The van der Waals surface area contributed by atoms with E-state index in [0.717, 1.165) is 30.5 Å². The number of H-pyrrole nitrogens is 1. The van der Waals surface area contributed by atoms with Gasteiger partial charge in [-0.25, -0.2) is 0 Å². The molecule has 2 N–H and O–H groups in total. The molecule has 2 heterocycles. The molecule has 0 unspecified atom stereocenters. The van der Waals surface area contributed by atoms with Gasteiger partial charge >= 0.3 is 6.18 Å². The van der Waals surface area contributed by atoms with Crippen LogP contribution in [0.1, 0.15) is 66.3 Å². The molecule has 7 heteroatoms. The third-order valence-corrected chi connectivity index (χ3v) is 5.60. The lowest BCUT2D eigenvalue weighted by molar-refractivity contribution is -0.137. The van der Waals surface area contributed by atoms with E-state index >= 15 is 0 Å². The zero-order valence-electron chi connectivity index (χ0n) is 15.2. The number of nitrogens with one attached hydrogen (secondary N) is 2. The van der Waals surface area contributed by atoms with Crippen molar-refractivity contribution in [3.05, 3.63) is 69.1 Å². The number of amides is 1. The number of carbonyl (C=O) groups excluding carboxylic acids is 1. The fourth-order valence-electron chi connectivity index (χ4n) is 3.90. The number of carbonyl (C=O) groups is 1. The Hall–Kier alpha value is -2.57. The van der Waals surface area contributed by atoms with Crippen LogP contribution >= 0.6 is 0 Å². The molecular formula is C21H21F3N2O2. The van der Waals surface area contributed by atoms with Gasteiger partial charge in [0.25, 0.3) is 5.56 Å². The molecule has 4 nitrogen and oxygen atoms in total. The third kappa shape index (κ3) is 3.98. The molecule has 28 heavy (non-hydrogen) atoms. The summed E-state index contributed by atoms with van der Waals surface area (Å²) in [5, 5.41) is 2.90. The molecule has 2 fully saturated rings. The van der Waals surface area contributed by atoms with Gasteiger partial charge < -0.3 is 10.3 Å². The number of pyridine rings is 1. The number of hydrogen-bond acceptors (Lipinski definition) is 2. The number of aromatic amines is 1. The van der Waals surface area contributed by atoms with Crippen molar-refractivity contribution in [1.29, 1.82) is 0 Å². The van der Waals surface area contributed by atoms with Gasteiger partial charge in [-0.1, -0.05) is 18.2 Å². The molecule has 1 aromatic heterocycles. The average molecular weight is 390 g/mol. The molecule has 148 valence electrons. The van der Waals surface area contributed by atoms with Crippen molar-refractivity contribution in [3.8, 4) is 0 Å². The Balaban J connectivity index is 1.66. The molecule has 0 spiro atoms. The summed E-state index contributed by atoms with van der Waals surface area (Å²) in [5.41, 5.74) is 1.28. The van der Waals surface area contributed by atoms with Crippen LogP contribution in [0.3, 0.4) is 0 Å². The highest BCUT2D eigenvalue weighted by Crippen LogP contribution is 2.39. The monoisotopic (exact) mass is 390 g/mol. The zero-order valence-corrected chi connectivity index (χ0v) is 15.2. The van der Waals surface area contributed by atoms with E-state index in [0.29, 0.717) is 36.4 Å². The van der Waals surface area contributed by atoms with Crippen molar-refractivity contribution in [1.82, 2.24) is 10.3 Å². The van der Waals surface area contributed by atoms with E-state index in [1.165, 1.54) is 12.1 Å². The average Bonchev–Trinajstić information content (AvgIpc) is 3.40. The summed E-state index contributed by atoms with van der Waals surface area (Å²) in [6.07, 6.45) is -0.719. The Morgan fingerprint density at radius 1 is 1.00 bits per heavy atom. The summed E-state index contributed by atoms with van der Waals surface area (Å²) in [4.78, 5) is 26.9. The molecule has 0 bridgehead atoms. The van der Waals surface area contributed by atoms with Crippen molar-refractivity contribution < 1.29 is 18.0 Å². The molecule has 1 amide bonds. The highest BCUT2D eigenvalue weighted by atomic mass is 19.4. The molecule has 0 radical (unpaired) electrons. The Morgan fingerprint density at radius 2 is 1.71 bits per heavy atom. The molecule has 1 aliphatic heterocycles. The molecular weight excluding hydrogens is 369 g/mol. The lowest BCUT2D eigenvalue weighted by Gasteiger charge is -2.22. The van der Waals surface area contributed by atoms with Crippen molar-refractivity contribution >= 4 is 5.91 Å². The maximum absolute atomic E-state index is 12.9. The Labute approximate surface area is 160 Å². The first-order valence-electron chi connectivity index (χ1n) is 9.51. The van der Waals surface area contributed by atoms with E-state index < -0.39 is 11.7 Å². The minimum absolute atomic E-state index is 0.0197. The minimum Gasteiger partial charge on any atom is -0.353 e. The van der Waals surface area contributed by atoms with Crippen molar-refractivity contribution in [2.45, 2.75) is 56.2 Å². The molecule has 2 aliphatic rings. The van der Waals surface area contributed by atoms with E-state index in [4.69, 9.17) is 0 Å². The maximum atomic E-state index is 12.9. The van der Waals surface area contributed by atoms with Gasteiger partial charge in [0.2, 0.25) is 5.91 Å². The zero-order chi connectivity index (χ0) is 19.9. The molecule has 1 aromatic carbocycles. The highest BCUT2D eigenvalue weighted by molar-refractivity contribution is 5.78. The van der Waals surface area contributed by atoms with Gasteiger partial charge in [-0.3, -0.25) is 9.59 Å². The van der Waals surface area contributed by atoms with Gasteiger partial charge in [-0.05, 0) is 55.4 Å². The summed E-state index contributed by atoms with van der Waals surface area (Å²) in [6.45, 7) is 0. The van der Waals surface area contributed by atoms with Crippen LogP contribution in [0.2, 0.25) is 0 Å². The quantitative estimate of drug-likeness (QED) is 0.808. The van der Waals surface area contributed by atoms with E-state index in [1.807, 2.05) is 12.1 Å². The Morgan fingerprint density at radius 3 is 2.25 bits per heavy atom. The van der Waals surface area contributed by atoms with Crippen LogP contribution in [0.15, 0.2) is 41.2 Å². The van der Waals surface area contributed by atoms with Crippen LogP contribution in [0.25, 0.3) is 0 Å². The second-order valence-electron chi connectivity index (χ2n) is 7.68. The first-order valence-corrected chi connectivity index (χ1v) is 9.51. The lowest BCUT2D eigenvalue weighted by Crippen LogP contribution is -2.28. The number of hydrogen-bond donors (Lipinski definition) is 2. The summed E-state index contributed by atoms with van der Waals surface area (Å²) in [6, 6.07) is 8.66. The van der Waals surface area contributed by atoms with Gasteiger partial charge in [-0.15, -0.1) is 0 Å². The van der Waals surface area contributed by atoms with Crippen LogP contribution < -0.4 is 10.9 Å². The van der Waals surface area contributed by atoms with E-state index in [1.54, 1.807) is 0 Å². The van der Waals surface area contributed by atoms with Crippen molar-refractivity contribution in [3.63, 3.8) is 0 Å². The number of benzene rings is 1. The topological polar surface area (TPSA) is 62.0 Å². The summed E-state index contributed by atoms with van der Waals surface area (Å²) < 4.78 is 38.7. The van der Waals surface area contributed by atoms with Crippen LogP contribution in [0, 0.1) is 0 Å². The molecule has 2 atom stereocenters. The molecule has 4 rings (SSSR count). The van der Waals surface area contributed by atoms with E-state index in [2.05, 4.69) is 10.3 Å². The van der Waals surface area contributed by atoms with Gasteiger partial charge in [-0.2, -0.15) is 13.2 Å². The smallest absolute Gasteiger partial charge is 0.353 e. The minimum atomic E-state index is -4.40. The predicted molar refractivity (Wildman–Crippen MR) is 98.1 cm³/mol. The SMILES string of the molecule is O=C1CC[C@H](C[C@H](c2ccc(C(F)(F)F)cc2)c2ccc(C3CC3)c(=O)[nH]2)N1. The normalized spacial score (nSPS) is 20.8. The molecule has 1 saturated carbocycles.